The van der Waals surface area contributed by atoms with E-state index in [0.717, 1.165) is 0 Å². The normalized spacial score (nSPS) is 25.9. The van der Waals surface area contributed by atoms with Crippen molar-refractivity contribution in [1.82, 2.24) is 0 Å². The summed E-state index contributed by atoms with van der Waals surface area (Å²) in [5.74, 6) is -0.0125. The molecule has 2 atom stereocenters. The van der Waals surface area contributed by atoms with Gasteiger partial charge in [-0.2, -0.15) is 0 Å². The van der Waals surface area contributed by atoms with Gasteiger partial charge in [-0.25, -0.2) is 0 Å². The van der Waals surface area contributed by atoms with Gasteiger partial charge >= 0.3 is 5.97 Å². The fourth-order valence-corrected chi connectivity index (χ4v) is 1.59. The molecule has 0 heterocycles. The molecule has 0 amide bonds. The molecule has 0 aromatic heterocycles. The molecular weight excluding hydrogens is 180 g/mol. The van der Waals surface area contributed by atoms with Gasteiger partial charge in [0, 0.05) is 24.8 Å². The number of rotatable bonds is 3. The van der Waals surface area contributed by atoms with Crippen LogP contribution in [-0.2, 0) is 14.3 Å². The SMILES string of the molecule is C=CC[C@@H]1C(OC(C)=O)=CC(=O)[C@H]1C. The zero-order valence-corrected chi connectivity index (χ0v) is 8.45. The Hall–Kier alpha value is -1.38. The molecule has 3 heteroatoms. The summed E-state index contributed by atoms with van der Waals surface area (Å²) < 4.78 is 4.97. The number of carbonyl (C=O) groups excluding carboxylic acids is 2. The van der Waals surface area contributed by atoms with Gasteiger partial charge in [0.1, 0.15) is 5.76 Å². The summed E-state index contributed by atoms with van der Waals surface area (Å²) in [7, 11) is 0. The van der Waals surface area contributed by atoms with E-state index in [1.165, 1.54) is 13.0 Å². The maximum absolute atomic E-state index is 11.3. The molecule has 0 fully saturated rings. The summed E-state index contributed by atoms with van der Waals surface area (Å²) in [6, 6.07) is 0. The van der Waals surface area contributed by atoms with Crippen LogP contribution in [0.1, 0.15) is 20.3 Å². The topological polar surface area (TPSA) is 43.4 Å². The Morgan fingerprint density at radius 3 is 2.86 bits per heavy atom. The molecule has 1 aliphatic rings. The molecule has 0 saturated carbocycles. The molecule has 0 saturated heterocycles. The highest BCUT2D eigenvalue weighted by Gasteiger charge is 2.33. The summed E-state index contributed by atoms with van der Waals surface area (Å²) in [5, 5.41) is 0. The van der Waals surface area contributed by atoms with E-state index in [1.807, 2.05) is 6.92 Å². The Labute approximate surface area is 83.4 Å². The van der Waals surface area contributed by atoms with Gasteiger partial charge in [-0.1, -0.05) is 13.0 Å². The summed E-state index contributed by atoms with van der Waals surface area (Å²) in [6.07, 6.45) is 3.81. The van der Waals surface area contributed by atoms with Gasteiger partial charge in [0.25, 0.3) is 0 Å². The lowest BCUT2D eigenvalue weighted by Crippen LogP contribution is -2.15. The minimum Gasteiger partial charge on any atom is -0.431 e. The zero-order valence-electron chi connectivity index (χ0n) is 8.45. The second-order valence-corrected chi connectivity index (χ2v) is 3.46. The molecule has 14 heavy (non-hydrogen) atoms. The van der Waals surface area contributed by atoms with Crippen LogP contribution in [0, 0.1) is 11.8 Å². The number of allylic oxidation sites excluding steroid dienone is 3. The first-order chi connectivity index (χ1) is 6.56. The van der Waals surface area contributed by atoms with Crippen molar-refractivity contribution in [2.75, 3.05) is 0 Å². The summed E-state index contributed by atoms with van der Waals surface area (Å²) >= 11 is 0. The predicted molar refractivity (Wildman–Crippen MR) is 52.3 cm³/mol. The van der Waals surface area contributed by atoms with E-state index in [0.29, 0.717) is 12.2 Å². The third-order valence-electron chi connectivity index (χ3n) is 2.38. The van der Waals surface area contributed by atoms with Gasteiger partial charge in [-0.3, -0.25) is 9.59 Å². The van der Waals surface area contributed by atoms with Crippen molar-refractivity contribution >= 4 is 11.8 Å². The van der Waals surface area contributed by atoms with Gasteiger partial charge in [0.15, 0.2) is 5.78 Å². The van der Waals surface area contributed by atoms with E-state index in [9.17, 15) is 9.59 Å². The number of ether oxygens (including phenoxy) is 1. The maximum atomic E-state index is 11.3. The molecule has 3 nitrogen and oxygen atoms in total. The molecule has 76 valence electrons. The second-order valence-electron chi connectivity index (χ2n) is 3.46. The van der Waals surface area contributed by atoms with E-state index >= 15 is 0 Å². The van der Waals surface area contributed by atoms with Crippen LogP contribution in [0.3, 0.4) is 0 Å². The van der Waals surface area contributed by atoms with Gasteiger partial charge in [-0.15, -0.1) is 6.58 Å². The highest BCUT2D eigenvalue weighted by molar-refractivity contribution is 5.95. The molecule has 0 N–H and O–H groups in total. The lowest BCUT2D eigenvalue weighted by atomic mass is 9.93. The van der Waals surface area contributed by atoms with E-state index in [4.69, 9.17) is 4.74 Å². The summed E-state index contributed by atoms with van der Waals surface area (Å²) in [5.41, 5.74) is 0. The van der Waals surface area contributed by atoms with E-state index in [2.05, 4.69) is 6.58 Å². The van der Waals surface area contributed by atoms with E-state index in [-0.39, 0.29) is 23.6 Å². The molecule has 1 rings (SSSR count). The molecular formula is C11H14O3. The monoisotopic (exact) mass is 194 g/mol. The average Bonchev–Trinajstić information content (AvgIpc) is 2.32. The minimum atomic E-state index is -0.382. The van der Waals surface area contributed by atoms with Crippen molar-refractivity contribution in [3.63, 3.8) is 0 Å². The summed E-state index contributed by atoms with van der Waals surface area (Å²) in [4.78, 5) is 22.1. The van der Waals surface area contributed by atoms with Crippen molar-refractivity contribution in [2.45, 2.75) is 20.3 Å². The fraction of sp³-hybridized carbons (Fsp3) is 0.455. The standard InChI is InChI=1S/C11H14O3/c1-4-5-9-7(2)10(13)6-11(9)14-8(3)12/h4,6-7,9H,1,5H2,2-3H3/t7-,9-/m0/s1. The first-order valence-electron chi connectivity index (χ1n) is 4.61. The second kappa shape index (κ2) is 4.22. The van der Waals surface area contributed by atoms with Crippen molar-refractivity contribution in [2.24, 2.45) is 11.8 Å². The lowest BCUT2D eigenvalue weighted by molar-refractivity contribution is -0.137. The molecule has 0 radical (unpaired) electrons. The Morgan fingerprint density at radius 2 is 2.36 bits per heavy atom. The van der Waals surface area contributed by atoms with Gasteiger partial charge in [0.2, 0.25) is 0 Å². The molecule has 0 aliphatic heterocycles. The quantitative estimate of drug-likeness (QED) is 0.508. The van der Waals surface area contributed by atoms with Crippen LogP contribution in [0.5, 0.6) is 0 Å². The number of esters is 1. The van der Waals surface area contributed by atoms with Crippen LogP contribution in [0.4, 0.5) is 0 Å². The van der Waals surface area contributed by atoms with Gasteiger partial charge in [0.05, 0.1) is 0 Å². The Bertz CT molecular complexity index is 302. The number of ketones is 1. The van der Waals surface area contributed by atoms with Crippen LogP contribution in [0.15, 0.2) is 24.5 Å². The van der Waals surface area contributed by atoms with Crippen LogP contribution in [0.25, 0.3) is 0 Å². The molecule has 0 aromatic rings. The average molecular weight is 194 g/mol. The van der Waals surface area contributed by atoms with E-state index in [1.54, 1.807) is 6.08 Å². The Balaban J connectivity index is 2.79. The number of carbonyl (C=O) groups is 2. The van der Waals surface area contributed by atoms with Crippen LogP contribution < -0.4 is 0 Å². The largest absolute Gasteiger partial charge is 0.431 e. The molecule has 0 unspecified atom stereocenters. The summed E-state index contributed by atoms with van der Waals surface area (Å²) in [6.45, 7) is 6.79. The molecule has 0 spiro atoms. The Morgan fingerprint density at radius 1 is 1.71 bits per heavy atom. The van der Waals surface area contributed by atoms with Gasteiger partial charge in [-0.05, 0) is 6.42 Å². The maximum Gasteiger partial charge on any atom is 0.307 e. The minimum absolute atomic E-state index is 0.0214. The van der Waals surface area contributed by atoms with Crippen molar-refractivity contribution in [1.29, 1.82) is 0 Å². The van der Waals surface area contributed by atoms with Crippen LogP contribution in [0.2, 0.25) is 0 Å². The first kappa shape index (κ1) is 10.7. The highest BCUT2D eigenvalue weighted by Crippen LogP contribution is 2.32. The highest BCUT2D eigenvalue weighted by atomic mass is 16.5. The van der Waals surface area contributed by atoms with Crippen LogP contribution >= 0.6 is 0 Å². The van der Waals surface area contributed by atoms with Gasteiger partial charge < -0.3 is 4.74 Å². The Kier molecular flexibility index (Phi) is 3.23. The van der Waals surface area contributed by atoms with Crippen molar-refractivity contribution in [3.05, 3.63) is 24.5 Å². The molecule has 0 aromatic carbocycles. The van der Waals surface area contributed by atoms with E-state index < -0.39 is 0 Å². The first-order valence-corrected chi connectivity index (χ1v) is 4.61. The number of hydrogen-bond acceptors (Lipinski definition) is 3. The third kappa shape index (κ3) is 2.10. The third-order valence-corrected chi connectivity index (χ3v) is 2.38. The van der Waals surface area contributed by atoms with Crippen molar-refractivity contribution in [3.8, 4) is 0 Å². The predicted octanol–water partition coefficient (Wildman–Crippen LogP) is 1.84. The molecule has 1 aliphatic carbocycles. The zero-order chi connectivity index (χ0) is 10.7. The number of hydrogen-bond donors (Lipinski definition) is 0. The lowest BCUT2D eigenvalue weighted by Gasteiger charge is -2.15. The molecule has 0 bridgehead atoms. The smallest absolute Gasteiger partial charge is 0.307 e. The fourth-order valence-electron chi connectivity index (χ4n) is 1.59. The van der Waals surface area contributed by atoms with Crippen molar-refractivity contribution < 1.29 is 14.3 Å². The van der Waals surface area contributed by atoms with Crippen LogP contribution in [-0.4, -0.2) is 11.8 Å².